The smallest absolute Gasteiger partial charge is 0.348 e. The van der Waals surface area contributed by atoms with Gasteiger partial charge in [-0.2, -0.15) is 4.99 Å². The van der Waals surface area contributed by atoms with Gasteiger partial charge in [0.25, 0.3) is 0 Å². The van der Waals surface area contributed by atoms with Crippen molar-refractivity contribution in [3.63, 3.8) is 0 Å². The van der Waals surface area contributed by atoms with Crippen molar-refractivity contribution in [1.82, 2.24) is 0 Å². The Kier molecular flexibility index (Phi) is 3.44. The molecule has 0 bridgehead atoms. The summed E-state index contributed by atoms with van der Waals surface area (Å²) in [5, 5.41) is 9.86. The SMILES string of the molecule is Cc1cccc(C2=NC(=O)N(c3ccccc3O)CC2)c1. The molecular formula is C17H16N2O2. The van der Waals surface area contributed by atoms with Gasteiger partial charge in [-0.05, 0) is 24.6 Å². The molecule has 0 aromatic heterocycles. The van der Waals surface area contributed by atoms with Gasteiger partial charge in [0.15, 0.2) is 0 Å². The predicted octanol–water partition coefficient (Wildman–Crippen LogP) is 3.52. The normalized spacial score (nSPS) is 15.0. The molecular weight excluding hydrogens is 264 g/mol. The minimum absolute atomic E-state index is 0.0973. The highest BCUT2D eigenvalue weighted by molar-refractivity contribution is 6.12. The minimum atomic E-state index is -0.334. The maximum absolute atomic E-state index is 12.2. The first-order chi connectivity index (χ1) is 10.1. The van der Waals surface area contributed by atoms with Gasteiger partial charge in [0.05, 0.1) is 11.4 Å². The Bertz CT molecular complexity index is 722. The monoisotopic (exact) mass is 280 g/mol. The predicted molar refractivity (Wildman–Crippen MR) is 83.2 cm³/mol. The quantitative estimate of drug-likeness (QED) is 0.915. The number of aryl methyl sites for hydroxylation is 1. The van der Waals surface area contributed by atoms with Crippen LogP contribution in [0, 0.1) is 6.92 Å². The lowest BCUT2D eigenvalue weighted by Crippen LogP contribution is -2.35. The molecule has 21 heavy (non-hydrogen) atoms. The first-order valence-corrected chi connectivity index (χ1v) is 6.89. The number of aliphatic imine (C=N–C) groups is 1. The Morgan fingerprint density at radius 3 is 2.67 bits per heavy atom. The molecule has 4 heteroatoms. The van der Waals surface area contributed by atoms with Crippen LogP contribution in [0.3, 0.4) is 0 Å². The van der Waals surface area contributed by atoms with E-state index in [0.29, 0.717) is 18.7 Å². The highest BCUT2D eigenvalue weighted by Crippen LogP contribution is 2.29. The standard InChI is InChI=1S/C17H16N2O2/c1-12-5-4-6-13(11-12)14-9-10-19(17(21)18-14)15-7-2-3-8-16(15)20/h2-8,11,20H,9-10H2,1H3. The lowest BCUT2D eigenvalue weighted by molar-refractivity contribution is 0.253. The van der Waals surface area contributed by atoms with Crippen LogP contribution < -0.4 is 4.90 Å². The van der Waals surface area contributed by atoms with E-state index in [4.69, 9.17) is 0 Å². The summed E-state index contributed by atoms with van der Waals surface area (Å²) in [7, 11) is 0. The molecule has 0 fully saturated rings. The summed E-state index contributed by atoms with van der Waals surface area (Å²) in [6.45, 7) is 2.53. The van der Waals surface area contributed by atoms with E-state index in [0.717, 1.165) is 16.8 Å². The average molecular weight is 280 g/mol. The summed E-state index contributed by atoms with van der Waals surface area (Å²) in [5.74, 6) is 0.0973. The number of phenolic OH excluding ortho intramolecular Hbond substituents is 1. The molecule has 0 saturated heterocycles. The number of urea groups is 1. The van der Waals surface area contributed by atoms with Crippen LogP contribution in [-0.4, -0.2) is 23.4 Å². The average Bonchev–Trinajstić information content (AvgIpc) is 2.48. The molecule has 2 amide bonds. The zero-order valence-electron chi connectivity index (χ0n) is 11.8. The van der Waals surface area contributed by atoms with Crippen molar-refractivity contribution in [3.05, 3.63) is 59.7 Å². The molecule has 0 saturated carbocycles. The topological polar surface area (TPSA) is 52.9 Å². The Morgan fingerprint density at radius 1 is 1.14 bits per heavy atom. The number of hydrogen-bond acceptors (Lipinski definition) is 2. The van der Waals surface area contributed by atoms with E-state index >= 15 is 0 Å². The molecule has 0 atom stereocenters. The van der Waals surface area contributed by atoms with Gasteiger partial charge < -0.3 is 5.11 Å². The summed E-state index contributed by atoms with van der Waals surface area (Å²) >= 11 is 0. The van der Waals surface area contributed by atoms with Gasteiger partial charge >= 0.3 is 6.03 Å². The van der Waals surface area contributed by atoms with Gasteiger partial charge in [0, 0.05) is 13.0 Å². The molecule has 0 spiro atoms. The van der Waals surface area contributed by atoms with E-state index in [9.17, 15) is 9.90 Å². The fraction of sp³-hybridized carbons (Fsp3) is 0.176. The van der Waals surface area contributed by atoms with Gasteiger partial charge in [-0.15, -0.1) is 0 Å². The molecule has 0 unspecified atom stereocenters. The first-order valence-electron chi connectivity index (χ1n) is 6.89. The largest absolute Gasteiger partial charge is 0.506 e. The van der Waals surface area contributed by atoms with Crippen LogP contribution in [0.1, 0.15) is 17.5 Å². The maximum Gasteiger partial charge on any atom is 0.348 e. The molecule has 2 aromatic rings. The molecule has 1 heterocycles. The molecule has 0 radical (unpaired) electrons. The van der Waals surface area contributed by atoms with Crippen LogP contribution in [0.25, 0.3) is 0 Å². The van der Waals surface area contributed by atoms with E-state index in [1.54, 1.807) is 24.3 Å². The first kappa shape index (κ1) is 13.4. The fourth-order valence-corrected chi connectivity index (χ4v) is 2.49. The van der Waals surface area contributed by atoms with E-state index in [2.05, 4.69) is 4.99 Å². The zero-order valence-corrected chi connectivity index (χ0v) is 11.8. The summed E-state index contributed by atoms with van der Waals surface area (Å²) in [5.41, 5.74) is 3.44. The number of benzene rings is 2. The molecule has 1 aliphatic heterocycles. The number of amides is 2. The van der Waals surface area contributed by atoms with Crippen molar-refractivity contribution in [3.8, 4) is 5.75 Å². The summed E-state index contributed by atoms with van der Waals surface area (Å²) < 4.78 is 0. The highest BCUT2D eigenvalue weighted by Gasteiger charge is 2.24. The zero-order chi connectivity index (χ0) is 14.8. The van der Waals surface area contributed by atoms with Crippen LogP contribution in [0.5, 0.6) is 5.75 Å². The second-order valence-electron chi connectivity index (χ2n) is 5.10. The van der Waals surface area contributed by atoms with Gasteiger partial charge in [-0.25, -0.2) is 4.79 Å². The van der Waals surface area contributed by atoms with Crippen molar-refractivity contribution in [2.24, 2.45) is 4.99 Å². The Labute approximate surface area is 123 Å². The Balaban J connectivity index is 1.90. The van der Waals surface area contributed by atoms with Crippen LogP contribution in [0.15, 0.2) is 53.5 Å². The number of carbonyl (C=O) groups is 1. The van der Waals surface area contributed by atoms with Crippen molar-refractivity contribution in [1.29, 1.82) is 0 Å². The minimum Gasteiger partial charge on any atom is -0.506 e. The van der Waals surface area contributed by atoms with E-state index in [-0.39, 0.29) is 11.8 Å². The second kappa shape index (κ2) is 5.40. The molecule has 2 aromatic carbocycles. The molecule has 1 aliphatic rings. The Morgan fingerprint density at radius 2 is 1.95 bits per heavy atom. The number of carbonyl (C=O) groups excluding carboxylic acids is 1. The lowest BCUT2D eigenvalue weighted by Gasteiger charge is -2.26. The van der Waals surface area contributed by atoms with Gasteiger partial charge in [0.2, 0.25) is 0 Å². The fourth-order valence-electron chi connectivity index (χ4n) is 2.49. The number of para-hydroxylation sites is 2. The van der Waals surface area contributed by atoms with E-state index in [1.165, 1.54) is 4.90 Å². The third kappa shape index (κ3) is 2.65. The third-order valence-electron chi connectivity index (χ3n) is 3.56. The lowest BCUT2D eigenvalue weighted by atomic mass is 10.0. The number of hydrogen-bond donors (Lipinski definition) is 1. The summed E-state index contributed by atoms with van der Waals surface area (Å²) in [6, 6.07) is 14.5. The van der Waals surface area contributed by atoms with Crippen molar-refractivity contribution >= 4 is 17.4 Å². The van der Waals surface area contributed by atoms with E-state index < -0.39 is 0 Å². The van der Waals surface area contributed by atoms with Gasteiger partial charge in [-0.1, -0.05) is 42.0 Å². The highest BCUT2D eigenvalue weighted by atomic mass is 16.3. The molecule has 3 rings (SSSR count). The molecule has 4 nitrogen and oxygen atoms in total. The van der Waals surface area contributed by atoms with Crippen LogP contribution in [0.2, 0.25) is 0 Å². The number of nitrogens with zero attached hydrogens (tertiary/aromatic N) is 2. The summed E-state index contributed by atoms with van der Waals surface area (Å²) in [6.07, 6.45) is 0.670. The third-order valence-corrected chi connectivity index (χ3v) is 3.56. The summed E-state index contributed by atoms with van der Waals surface area (Å²) in [4.78, 5) is 17.9. The van der Waals surface area contributed by atoms with E-state index in [1.807, 2.05) is 31.2 Å². The number of rotatable bonds is 2. The van der Waals surface area contributed by atoms with Crippen LogP contribution >= 0.6 is 0 Å². The van der Waals surface area contributed by atoms with Crippen molar-refractivity contribution in [2.45, 2.75) is 13.3 Å². The van der Waals surface area contributed by atoms with Gasteiger partial charge in [0.1, 0.15) is 5.75 Å². The number of anilines is 1. The molecule has 0 aliphatic carbocycles. The van der Waals surface area contributed by atoms with Crippen molar-refractivity contribution in [2.75, 3.05) is 11.4 Å². The second-order valence-corrected chi connectivity index (χ2v) is 5.10. The molecule has 1 N–H and O–H groups in total. The van der Waals surface area contributed by atoms with Gasteiger partial charge in [-0.3, -0.25) is 4.90 Å². The van der Waals surface area contributed by atoms with Crippen LogP contribution in [-0.2, 0) is 0 Å². The number of phenols is 1. The number of aromatic hydroxyl groups is 1. The maximum atomic E-state index is 12.2. The Hall–Kier alpha value is -2.62. The molecule has 106 valence electrons. The van der Waals surface area contributed by atoms with Crippen LogP contribution in [0.4, 0.5) is 10.5 Å². The van der Waals surface area contributed by atoms with Crippen molar-refractivity contribution < 1.29 is 9.90 Å².